The van der Waals surface area contributed by atoms with E-state index in [4.69, 9.17) is 0 Å². The summed E-state index contributed by atoms with van der Waals surface area (Å²) in [6.07, 6.45) is -9.64. The van der Waals surface area contributed by atoms with Crippen molar-refractivity contribution in [3.05, 3.63) is 70.8 Å². The summed E-state index contributed by atoms with van der Waals surface area (Å²) >= 11 is 0. The minimum absolute atomic E-state index is 0.00628. The van der Waals surface area contributed by atoms with Gasteiger partial charge in [0.25, 0.3) is 0 Å². The van der Waals surface area contributed by atoms with Gasteiger partial charge in [-0.2, -0.15) is 31.6 Å². The maximum absolute atomic E-state index is 13.5. The van der Waals surface area contributed by atoms with Crippen molar-refractivity contribution in [2.24, 2.45) is 5.92 Å². The van der Waals surface area contributed by atoms with Crippen LogP contribution < -0.4 is 0 Å². The van der Waals surface area contributed by atoms with Gasteiger partial charge in [-0.25, -0.2) is 0 Å². The van der Waals surface area contributed by atoms with Crippen molar-refractivity contribution in [1.82, 2.24) is 4.90 Å². The van der Waals surface area contributed by atoms with Crippen LogP contribution in [0.1, 0.15) is 55.9 Å². The average Bonchev–Trinajstić information content (AvgIpc) is 2.73. The van der Waals surface area contributed by atoms with E-state index in [0.717, 1.165) is 11.6 Å². The molecule has 0 spiro atoms. The van der Waals surface area contributed by atoms with E-state index in [1.165, 1.54) is 0 Å². The highest BCUT2D eigenvalue weighted by Gasteiger charge is 2.45. The molecule has 2 rings (SSSR count). The van der Waals surface area contributed by atoms with Crippen LogP contribution in [0.25, 0.3) is 0 Å². The van der Waals surface area contributed by atoms with Crippen LogP contribution >= 0.6 is 0 Å². The van der Waals surface area contributed by atoms with Crippen LogP contribution in [0.2, 0.25) is 0 Å². The molecule has 0 heterocycles. The monoisotopic (exact) mass is 470 g/mol. The van der Waals surface area contributed by atoms with E-state index in [2.05, 4.69) is 11.0 Å². The molecular weight excluding hydrogens is 442 g/mol. The third kappa shape index (κ3) is 6.29. The minimum atomic E-state index is -5.19. The Morgan fingerprint density at radius 2 is 1.45 bits per heavy atom. The summed E-state index contributed by atoms with van der Waals surface area (Å²) in [5.74, 6) is -0.410. The molecule has 0 fully saturated rings. The van der Waals surface area contributed by atoms with E-state index >= 15 is 0 Å². The summed E-state index contributed by atoms with van der Waals surface area (Å²) in [5.41, 5.74) is -3.81. The second-order valence-electron chi connectivity index (χ2n) is 8.78. The highest BCUT2D eigenvalue weighted by atomic mass is 19.4. The number of nitriles is 1. The third-order valence-electron chi connectivity index (χ3n) is 6.31. The van der Waals surface area contributed by atoms with E-state index in [1.807, 2.05) is 44.3 Å². The first-order valence-corrected chi connectivity index (χ1v) is 10.7. The van der Waals surface area contributed by atoms with Gasteiger partial charge >= 0.3 is 12.4 Å². The Balaban J connectivity index is 2.36. The Morgan fingerprint density at radius 3 is 1.94 bits per heavy atom. The van der Waals surface area contributed by atoms with E-state index < -0.39 is 34.8 Å². The summed E-state index contributed by atoms with van der Waals surface area (Å²) < 4.78 is 80.1. The Labute approximate surface area is 190 Å². The van der Waals surface area contributed by atoms with Gasteiger partial charge in [0.1, 0.15) is 0 Å². The molecule has 0 saturated heterocycles. The molecule has 0 saturated carbocycles. The molecule has 2 aromatic rings. The smallest absolute Gasteiger partial charge is 0.299 e. The summed E-state index contributed by atoms with van der Waals surface area (Å²) in [5, 5.41) is 10.0. The van der Waals surface area contributed by atoms with E-state index in [9.17, 15) is 31.6 Å². The first-order valence-electron chi connectivity index (χ1n) is 10.7. The van der Waals surface area contributed by atoms with Gasteiger partial charge in [0.15, 0.2) is 0 Å². The summed E-state index contributed by atoms with van der Waals surface area (Å²) in [4.78, 5) is 2.08. The molecule has 2 atom stereocenters. The number of nitrogens with zero attached hydrogens (tertiary/aromatic N) is 2. The van der Waals surface area contributed by atoms with Gasteiger partial charge in [0.2, 0.25) is 0 Å². The molecule has 33 heavy (non-hydrogen) atoms. The standard InChI is InChI=1S/C25H28F6N2/c1-17(2)23(16-32,13-12-18(3)33(4)15-19-8-6-5-7-9-19)20-10-11-21(24(26,27)28)22(14-20)25(29,30)31/h5-11,14,17-18H,12-13,15H2,1-4H3. The van der Waals surface area contributed by atoms with Gasteiger partial charge in [-0.15, -0.1) is 0 Å². The van der Waals surface area contributed by atoms with Crippen LogP contribution in [-0.2, 0) is 24.3 Å². The molecule has 180 valence electrons. The van der Waals surface area contributed by atoms with Crippen molar-refractivity contribution in [3.8, 4) is 6.07 Å². The number of hydrogen-bond acceptors (Lipinski definition) is 2. The summed E-state index contributed by atoms with van der Waals surface area (Å²) in [6, 6.07) is 13.8. The lowest BCUT2D eigenvalue weighted by molar-refractivity contribution is -0.162. The topological polar surface area (TPSA) is 27.0 Å². The van der Waals surface area contributed by atoms with Crippen molar-refractivity contribution in [2.75, 3.05) is 7.05 Å². The predicted octanol–water partition coefficient (Wildman–Crippen LogP) is 7.44. The highest BCUT2D eigenvalue weighted by Crippen LogP contribution is 2.44. The van der Waals surface area contributed by atoms with Crippen LogP contribution in [0.3, 0.4) is 0 Å². The van der Waals surface area contributed by atoms with Crippen molar-refractivity contribution >= 4 is 0 Å². The van der Waals surface area contributed by atoms with Crippen molar-refractivity contribution < 1.29 is 26.3 Å². The van der Waals surface area contributed by atoms with Crippen molar-refractivity contribution in [3.63, 3.8) is 0 Å². The molecule has 0 N–H and O–H groups in total. The van der Waals surface area contributed by atoms with Gasteiger partial charge in [0, 0.05) is 12.6 Å². The fourth-order valence-corrected chi connectivity index (χ4v) is 4.00. The molecular formula is C25H28F6N2. The highest BCUT2D eigenvalue weighted by molar-refractivity contribution is 5.42. The van der Waals surface area contributed by atoms with Gasteiger partial charge in [-0.05, 0) is 56.0 Å². The lowest BCUT2D eigenvalue weighted by Gasteiger charge is -2.35. The molecule has 2 aromatic carbocycles. The zero-order valence-electron chi connectivity index (χ0n) is 19.1. The first-order chi connectivity index (χ1) is 15.2. The molecule has 0 amide bonds. The van der Waals surface area contributed by atoms with Gasteiger partial charge < -0.3 is 0 Å². The largest absolute Gasteiger partial charge is 0.417 e. The number of halogens is 6. The number of hydrogen-bond donors (Lipinski definition) is 0. The summed E-state index contributed by atoms with van der Waals surface area (Å²) in [7, 11) is 1.92. The zero-order valence-corrected chi connectivity index (χ0v) is 19.1. The second-order valence-corrected chi connectivity index (χ2v) is 8.78. The average molecular weight is 471 g/mol. The van der Waals surface area contributed by atoms with Crippen LogP contribution in [0.4, 0.5) is 26.3 Å². The SMILES string of the molecule is CC(CCC(C#N)(c1ccc(C(F)(F)F)c(C(F)(F)F)c1)C(C)C)N(C)Cc1ccccc1. The van der Waals surface area contributed by atoms with Crippen LogP contribution in [-0.4, -0.2) is 18.0 Å². The van der Waals surface area contributed by atoms with Crippen LogP contribution in [0, 0.1) is 17.2 Å². The van der Waals surface area contributed by atoms with Gasteiger partial charge in [-0.3, -0.25) is 4.90 Å². The minimum Gasteiger partial charge on any atom is -0.299 e. The van der Waals surface area contributed by atoms with Gasteiger partial charge in [0.05, 0.1) is 22.6 Å². The summed E-state index contributed by atoms with van der Waals surface area (Å²) in [6.45, 7) is 6.01. The number of benzene rings is 2. The zero-order chi connectivity index (χ0) is 25.0. The molecule has 8 heteroatoms. The van der Waals surface area contributed by atoms with E-state index in [0.29, 0.717) is 25.1 Å². The van der Waals surface area contributed by atoms with E-state index in [1.54, 1.807) is 13.8 Å². The second kappa shape index (κ2) is 10.2. The van der Waals surface area contributed by atoms with Crippen molar-refractivity contribution in [2.45, 2.75) is 64.0 Å². The first kappa shape index (κ1) is 26.7. The Bertz CT molecular complexity index is 960. The fourth-order valence-electron chi connectivity index (χ4n) is 4.00. The Morgan fingerprint density at radius 1 is 0.879 bits per heavy atom. The maximum Gasteiger partial charge on any atom is 0.417 e. The quantitative estimate of drug-likeness (QED) is 0.375. The van der Waals surface area contributed by atoms with Crippen molar-refractivity contribution in [1.29, 1.82) is 5.26 Å². The predicted molar refractivity (Wildman–Crippen MR) is 115 cm³/mol. The molecule has 0 aliphatic carbocycles. The normalized spacial score (nSPS) is 15.4. The third-order valence-corrected chi connectivity index (χ3v) is 6.31. The Hall–Kier alpha value is -2.53. The maximum atomic E-state index is 13.5. The molecule has 2 nitrogen and oxygen atoms in total. The number of rotatable bonds is 8. The van der Waals surface area contributed by atoms with Crippen LogP contribution in [0.5, 0.6) is 0 Å². The lowest BCUT2D eigenvalue weighted by atomic mass is 9.68. The molecule has 2 unspecified atom stereocenters. The molecule has 0 aromatic heterocycles. The molecule has 0 bridgehead atoms. The fraction of sp³-hybridized carbons (Fsp3) is 0.480. The Kier molecular flexibility index (Phi) is 8.23. The van der Waals surface area contributed by atoms with Crippen LogP contribution in [0.15, 0.2) is 48.5 Å². The molecule has 0 radical (unpaired) electrons. The molecule has 0 aliphatic heterocycles. The molecule has 0 aliphatic rings. The van der Waals surface area contributed by atoms with Gasteiger partial charge in [-0.1, -0.05) is 50.2 Å². The lowest BCUT2D eigenvalue weighted by Crippen LogP contribution is -2.35. The van der Waals surface area contributed by atoms with E-state index in [-0.39, 0.29) is 18.0 Å². The number of alkyl halides is 6.